The number of rotatable bonds is 4. The van der Waals surface area contributed by atoms with Crippen molar-refractivity contribution in [3.8, 4) is 0 Å². The summed E-state index contributed by atoms with van der Waals surface area (Å²) in [4.78, 5) is 14.2. The van der Waals surface area contributed by atoms with Crippen LogP contribution in [0.15, 0.2) is 10.6 Å². The fourth-order valence-electron chi connectivity index (χ4n) is 2.43. The zero-order valence-electron chi connectivity index (χ0n) is 12.8. The molecule has 5 heteroatoms. The number of hydrogen-bond acceptors (Lipinski definition) is 3. The number of amides is 2. The lowest BCUT2D eigenvalue weighted by Gasteiger charge is -2.24. The number of nitrogens with zero attached hydrogens (tertiary/aromatic N) is 2. The Morgan fingerprint density at radius 2 is 2.30 bits per heavy atom. The van der Waals surface area contributed by atoms with Crippen LogP contribution in [-0.2, 0) is 0 Å². The maximum absolute atomic E-state index is 12.3. The van der Waals surface area contributed by atoms with Gasteiger partial charge in [-0.2, -0.15) is 0 Å². The molecule has 2 atom stereocenters. The first-order chi connectivity index (χ1) is 9.52. The first-order valence-corrected chi connectivity index (χ1v) is 7.56. The van der Waals surface area contributed by atoms with Crippen LogP contribution in [0, 0.1) is 0 Å². The molecule has 1 saturated heterocycles. The number of nitrogens with one attached hydrogen (secondary N) is 1. The molecule has 0 spiro atoms. The number of hydrogen-bond donors (Lipinski definition) is 1. The van der Waals surface area contributed by atoms with Crippen LogP contribution < -0.4 is 5.32 Å². The summed E-state index contributed by atoms with van der Waals surface area (Å²) in [5.74, 6) is 1.15. The normalized spacial score (nSPS) is 20.4. The molecule has 1 aliphatic rings. The molecule has 0 radical (unpaired) electrons. The largest absolute Gasteiger partial charge is 0.359 e. The molecule has 2 amide bonds. The molecule has 0 bridgehead atoms. The van der Waals surface area contributed by atoms with Gasteiger partial charge in [0.1, 0.15) is 0 Å². The summed E-state index contributed by atoms with van der Waals surface area (Å²) in [7, 11) is 0. The maximum atomic E-state index is 12.3. The summed E-state index contributed by atoms with van der Waals surface area (Å²) in [6.07, 6.45) is 2.89. The predicted molar refractivity (Wildman–Crippen MR) is 77.6 cm³/mol. The van der Waals surface area contributed by atoms with E-state index in [0.29, 0.717) is 5.92 Å². The number of urea groups is 1. The minimum Gasteiger partial charge on any atom is -0.359 e. The van der Waals surface area contributed by atoms with Crippen LogP contribution in [-0.4, -0.2) is 28.7 Å². The molecule has 0 aliphatic carbocycles. The molecule has 0 unspecified atom stereocenters. The van der Waals surface area contributed by atoms with Crippen molar-refractivity contribution >= 4 is 6.03 Å². The van der Waals surface area contributed by atoms with Gasteiger partial charge in [0.2, 0.25) is 0 Å². The van der Waals surface area contributed by atoms with Crippen LogP contribution in [0.4, 0.5) is 4.79 Å². The topological polar surface area (TPSA) is 58.4 Å². The van der Waals surface area contributed by atoms with Gasteiger partial charge in [0.05, 0.1) is 11.7 Å². The van der Waals surface area contributed by atoms with Gasteiger partial charge in [0, 0.05) is 18.7 Å². The van der Waals surface area contributed by atoms with Crippen molar-refractivity contribution < 1.29 is 9.32 Å². The summed E-state index contributed by atoms with van der Waals surface area (Å²) in [6, 6.07) is 2.22. The van der Waals surface area contributed by atoms with Gasteiger partial charge < -0.3 is 14.7 Å². The molecule has 1 aromatic rings. The lowest BCUT2D eigenvalue weighted by molar-refractivity contribution is 0.179. The fourth-order valence-corrected chi connectivity index (χ4v) is 2.43. The lowest BCUT2D eigenvalue weighted by Crippen LogP contribution is -2.43. The third-order valence-corrected chi connectivity index (χ3v) is 3.96. The first-order valence-electron chi connectivity index (χ1n) is 7.56. The van der Waals surface area contributed by atoms with Crippen molar-refractivity contribution in [1.29, 1.82) is 0 Å². The number of aromatic nitrogens is 1. The Kier molecular flexibility index (Phi) is 4.68. The molecule has 2 rings (SSSR count). The molecule has 1 aromatic heterocycles. The summed E-state index contributed by atoms with van der Waals surface area (Å²) < 4.78 is 5.45. The third-order valence-electron chi connectivity index (χ3n) is 3.96. The highest BCUT2D eigenvalue weighted by Crippen LogP contribution is 2.33. The standard InChI is InChI=1S/C15H25N3O2/c1-5-11(4)16-15(19)18-8-6-7-13(18)14-9-12(10(2)3)17-20-14/h9-11,13H,5-8H2,1-4H3,(H,16,19)/t11-,13+/m1/s1. The lowest BCUT2D eigenvalue weighted by atomic mass is 10.1. The van der Waals surface area contributed by atoms with Gasteiger partial charge >= 0.3 is 6.03 Å². The Morgan fingerprint density at radius 1 is 1.55 bits per heavy atom. The minimum absolute atomic E-state index is 0.00402. The van der Waals surface area contributed by atoms with E-state index in [4.69, 9.17) is 4.52 Å². The average molecular weight is 279 g/mol. The van der Waals surface area contributed by atoms with Crippen molar-refractivity contribution in [1.82, 2.24) is 15.4 Å². The molecule has 2 heterocycles. The van der Waals surface area contributed by atoms with Crippen molar-refractivity contribution in [2.45, 2.75) is 65.0 Å². The smallest absolute Gasteiger partial charge is 0.318 e. The van der Waals surface area contributed by atoms with Gasteiger partial charge in [-0.05, 0) is 32.1 Å². The number of carbonyl (C=O) groups is 1. The van der Waals surface area contributed by atoms with Gasteiger partial charge in [-0.1, -0.05) is 25.9 Å². The van der Waals surface area contributed by atoms with Gasteiger partial charge in [0.25, 0.3) is 0 Å². The summed E-state index contributed by atoms with van der Waals surface area (Å²) in [6.45, 7) is 9.05. The van der Waals surface area contributed by atoms with E-state index in [1.165, 1.54) is 0 Å². The van der Waals surface area contributed by atoms with Gasteiger partial charge in [-0.3, -0.25) is 0 Å². The van der Waals surface area contributed by atoms with Crippen LogP contribution in [0.3, 0.4) is 0 Å². The molecule has 1 aliphatic heterocycles. The van der Waals surface area contributed by atoms with Crippen LogP contribution in [0.25, 0.3) is 0 Å². The predicted octanol–water partition coefficient (Wildman–Crippen LogP) is 3.44. The molecular weight excluding hydrogens is 254 g/mol. The highest BCUT2D eigenvalue weighted by Gasteiger charge is 2.33. The van der Waals surface area contributed by atoms with Crippen molar-refractivity contribution in [3.05, 3.63) is 17.5 Å². The van der Waals surface area contributed by atoms with Crippen molar-refractivity contribution in [2.75, 3.05) is 6.54 Å². The second-order valence-electron chi connectivity index (χ2n) is 5.92. The van der Waals surface area contributed by atoms with Crippen LogP contribution >= 0.6 is 0 Å². The Balaban J connectivity index is 2.08. The first kappa shape index (κ1) is 14.9. The summed E-state index contributed by atoms with van der Waals surface area (Å²) >= 11 is 0. The number of carbonyl (C=O) groups excluding carboxylic acids is 1. The van der Waals surface area contributed by atoms with E-state index in [1.807, 2.05) is 17.9 Å². The minimum atomic E-state index is 0.00402. The monoisotopic (exact) mass is 279 g/mol. The molecule has 0 saturated carbocycles. The molecule has 1 fully saturated rings. The molecule has 0 aromatic carbocycles. The van der Waals surface area contributed by atoms with E-state index < -0.39 is 0 Å². The zero-order chi connectivity index (χ0) is 14.7. The maximum Gasteiger partial charge on any atom is 0.318 e. The molecule has 5 nitrogen and oxygen atoms in total. The van der Waals surface area contributed by atoms with Crippen molar-refractivity contribution in [3.63, 3.8) is 0 Å². The van der Waals surface area contributed by atoms with E-state index in [2.05, 4.69) is 31.2 Å². The van der Waals surface area contributed by atoms with E-state index in [1.54, 1.807) is 0 Å². The Morgan fingerprint density at radius 3 is 2.90 bits per heavy atom. The van der Waals surface area contributed by atoms with Crippen LogP contribution in [0.1, 0.15) is 70.4 Å². The SMILES string of the molecule is CC[C@@H](C)NC(=O)N1CCC[C@H]1c1cc(C(C)C)no1. The van der Waals surface area contributed by atoms with Gasteiger partial charge in [-0.15, -0.1) is 0 Å². The van der Waals surface area contributed by atoms with Gasteiger partial charge in [0.15, 0.2) is 5.76 Å². The fraction of sp³-hybridized carbons (Fsp3) is 0.733. The highest BCUT2D eigenvalue weighted by atomic mass is 16.5. The van der Waals surface area contributed by atoms with Crippen LogP contribution in [0.5, 0.6) is 0 Å². The zero-order valence-corrected chi connectivity index (χ0v) is 12.8. The van der Waals surface area contributed by atoms with E-state index in [0.717, 1.165) is 37.3 Å². The second kappa shape index (κ2) is 6.29. The summed E-state index contributed by atoms with van der Waals surface area (Å²) in [5.41, 5.74) is 0.953. The highest BCUT2D eigenvalue weighted by molar-refractivity contribution is 5.75. The Bertz CT molecular complexity index is 456. The molecule has 112 valence electrons. The average Bonchev–Trinajstić information content (AvgIpc) is 3.06. The Labute approximate surface area is 120 Å². The van der Waals surface area contributed by atoms with Crippen LogP contribution in [0.2, 0.25) is 0 Å². The third kappa shape index (κ3) is 3.14. The quantitative estimate of drug-likeness (QED) is 0.918. The van der Waals surface area contributed by atoms with E-state index in [-0.39, 0.29) is 18.1 Å². The molecule has 1 N–H and O–H groups in total. The summed E-state index contributed by atoms with van der Waals surface area (Å²) in [5, 5.41) is 7.12. The Hall–Kier alpha value is -1.52. The molecule has 20 heavy (non-hydrogen) atoms. The van der Waals surface area contributed by atoms with Gasteiger partial charge in [-0.25, -0.2) is 4.79 Å². The van der Waals surface area contributed by atoms with Crippen molar-refractivity contribution in [2.24, 2.45) is 0 Å². The van der Waals surface area contributed by atoms with E-state index in [9.17, 15) is 4.79 Å². The second-order valence-corrected chi connectivity index (χ2v) is 5.92. The van der Waals surface area contributed by atoms with E-state index >= 15 is 0 Å². The number of likely N-dealkylation sites (tertiary alicyclic amines) is 1. The molecular formula is C15H25N3O2.